The van der Waals surface area contributed by atoms with Gasteiger partial charge in [0.25, 0.3) is 0 Å². The van der Waals surface area contributed by atoms with Crippen LogP contribution in [-0.4, -0.2) is 5.78 Å². The maximum Gasteiger partial charge on any atom is 0.162 e. The Balaban J connectivity index is 1.83. The van der Waals surface area contributed by atoms with Crippen molar-refractivity contribution < 1.29 is 9.53 Å². The number of carbonyl (C=O) groups excluding carboxylic acids is 1. The summed E-state index contributed by atoms with van der Waals surface area (Å²) in [6.07, 6.45) is 0.519. The highest BCUT2D eigenvalue weighted by molar-refractivity contribution is 5.95. The number of hydrogen-bond acceptors (Lipinski definition) is 2. The predicted octanol–water partition coefficient (Wildman–Crippen LogP) is 5.22. The zero-order valence-corrected chi connectivity index (χ0v) is 11.9. The second-order valence-corrected chi connectivity index (χ2v) is 4.91. The molecule has 0 amide bonds. The van der Waals surface area contributed by atoms with Crippen LogP contribution in [0.25, 0.3) is 10.8 Å². The summed E-state index contributed by atoms with van der Waals surface area (Å²) >= 11 is 0. The molecule has 3 aromatic carbocycles. The van der Waals surface area contributed by atoms with Crippen molar-refractivity contribution in [1.82, 2.24) is 0 Å². The number of fused-ring (bicyclic) bond motifs is 1. The fourth-order valence-corrected chi connectivity index (χ4v) is 2.28. The van der Waals surface area contributed by atoms with Crippen LogP contribution in [0, 0.1) is 0 Å². The third kappa shape index (κ3) is 2.95. The number of rotatable bonds is 4. The van der Waals surface area contributed by atoms with E-state index in [-0.39, 0.29) is 5.78 Å². The van der Waals surface area contributed by atoms with Gasteiger partial charge >= 0.3 is 0 Å². The third-order valence-corrected chi connectivity index (χ3v) is 3.45. The van der Waals surface area contributed by atoms with Crippen LogP contribution in [0.5, 0.6) is 11.5 Å². The lowest BCUT2D eigenvalue weighted by Gasteiger charge is -2.07. The number of benzene rings is 3. The first-order valence-electron chi connectivity index (χ1n) is 7.06. The summed E-state index contributed by atoms with van der Waals surface area (Å²) in [5, 5.41) is 2.33. The Morgan fingerprint density at radius 3 is 2.24 bits per heavy atom. The van der Waals surface area contributed by atoms with E-state index in [2.05, 4.69) is 12.1 Å². The van der Waals surface area contributed by atoms with Gasteiger partial charge in [-0.2, -0.15) is 0 Å². The van der Waals surface area contributed by atoms with E-state index in [0.29, 0.717) is 6.42 Å². The van der Waals surface area contributed by atoms with Gasteiger partial charge in [-0.15, -0.1) is 0 Å². The molecule has 0 heterocycles. The quantitative estimate of drug-likeness (QED) is 0.610. The van der Waals surface area contributed by atoms with Crippen molar-refractivity contribution >= 4 is 16.6 Å². The molecule has 3 rings (SSSR count). The van der Waals surface area contributed by atoms with Crippen LogP contribution in [0.1, 0.15) is 23.7 Å². The van der Waals surface area contributed by atoms with Gasteiger partial charge in [-0.3, -0.25) is 4.79 Å². The van der Waals surface area contributed by atoms with Crippen LogP contribution < -0.4 is 4.74 Å². The van der Waals surface area contributed by atoms with Crippen molar-refractivity contribution in [2.75, 3.05) is 0 Å². The predicted molar refractivity (Wildman–Crippen MR) is 85.1 cm³/mol. The Hall–Kier alpha value is -2.61. The molecule has 0 N–H and O–H groups in total. The highest BCUT2D eigenvalue weighted by Gasteiger charge is 2.04. The van der Waals surface area contributed by atoms with Crippen LogP contribution in [0.3, 0.4) is 0 Å². The topological polar surface area (TPSA) is 26.3 Å². The first-order valence-corrected chi connectivity index (χ1v) is 7.06. The third-order valence-electron chi connectivity index (χ3n) is 3.45. The molecule has 0 unspecified atom stereocenters. The van der Waals surface area contributed by atoms with Gasteiger partial charge in [0.2, 0.25) is 0 Å². The minimum absolute atomic E-state index is 0.146. The Bertz CT molecular complexity index is 773. The van der Waals surface area contributed by atoms with E-state index in [4.69, 9.17) is 4.74 Å². The maximum absolute atomic E-state index is 11.6. The minimum atomic E-state index is 0.146. The van der Waals surface area contributed by atoms with E-state index in [1.54, 1.807) is 0 Å². The van der Waals surface area contributed by atoms with Crippen molar-refractivity contribution in [3.8, 4) is 11.5 Å². The molecule has 0 atom stereocenters. The lowest BCUT2D eigenvalue weighted by molar-refractivity contribution is 0.0988. The largest absolute Gasteiger partial charge is 0.457 e. The van der Waals surface area contributed by atoms with Gasteiger partial charge in [0, 0.05) is 12.0 Å². The summed E-state index contributed by atoms with van der Waals surface area (Å²) < 4.78 is 5.84. The molecular weight excluding hydrogens is 260 g/mol. The molecule has 0 saturated carbocycles. The summed E-state index contributed by atoms with van der Waals surface area (Å²) in [4.78, 5) is 11.6. The molecule has 2 nitrogen and oxygen atoms in total. The van der Waals surface area contributed by atoms with Crippen molar-refractivity contribution in [2.24, 2.45) is 0 Å². The number of ketones is 1. The highest BCUT2D eigenvalue weighted by atomic mass is 16.5. The van der Waals surface area contributed by atoms with Crippen LogP contribution in [0.4, 0.5) is 0 Å². The minimum Gasteiger partial charge on any atom is -0.457 e. The van der Waals surface area contributed by atoms with Crippen molar-refractivity contribution in [2.45, 2.75) is 13.3 Å². The van der Waals surface area contributed by atoms with Gasteiger partial charge in [0.15, 0.2) is 5.78 Å². The molecule has 0 bridgehead atoms. The number of ether oxygens (including phenoxy) is 1. The Morgan fingerprint density at radius 2 is 1.52 bits per heavy atom. The lowest BCUT2D eigenvalue weighted by atomic mass is 10.1. The number of hydrogen-bond donors (Lipinski definition) is 0. The molecule has 0 aliphatic rings. The van der Waals surface area contributed by atoms with Gasteiger partial charge in [0.1, 0.15) is 11.5 Å². The molecule has 104 valence electrons. The van der Waals surface area contributed by atoms with Crippen LogP contribution in [0.15, 0.2) is 66.7 Å². The molecule has 0 aromatic heterocycles. The number of Topliss-reactive ketones (excluding diaryl/α,β-unsaturated/α-hetero) is 1. The average Bonchev–Trinajstić information content (AvgIpc) is 2.55. The monoisotopic (exact) mass is 276 g/mol. The molecule has 0 spiro atoms. The van der Waals surface area contributed by atoms with E-state index in [0.717, 1.165) is 22.4 Å². The fraction of sp³-hybridized carbons (Fsp3) is 0.105. The van der Waals surface area contributed by atoms with Crippen LogP contribution >= 0.6 is 0 Å². The molecule has 0 aliphatic carbocycles. The first kappa shape index (κ1) is 13.4. The van der Waals surface area contributed by atoms with Crippen LogP contribution in [0.2, 0.25) is 0 Å². The Labute approximate surface area is 124 Å². The molecule has 0 saturated heterocycles. The summed E-state index contributed by atoms with van der Waals surface area (Å²) in [7, 11) is 0. The lowest BCUT2D eigenvalue weighted by Crippen LogP contribution is -1.95. The smallest absolute Gasteiger partial charge is 0.162 e. The second kappa shape index (κ2) is 5.80. The van der Waals surface area contributed by atoms with Gasteiger partial charge in [0.05, 0.1) is 0 Å². The Morgan fingerprint density at radius 1 is 0.857 bits per heavy atom. The second-order valence-electron chi connectivity index (χ2n) is 4.91. The molecule has 0 radical (unpaired) electrons. The molecular formula is C19H16O2. The Kier molecular flexibility index (Phi) is 3.69. The maximum atomic E-state index is 11.6. The number of carbonyl (C=O) groups is 1. The van der Waals surface area contributed by atoms with Gasteiger partial charge in [-0.25, -0.2) is 0 Å². The first-order chi connectivity index (χ1) is 10.3. The zero-order valence-electron chi connectivity index (χ0n) is 11.9. The summed E-state index contributed by atoms with van der Waals surface area (Å²) in [6.45, 7) is 1.86. The summed E-state index contributed by atoms with van der Waals surface area (Å²) in [6, 6.07) is 21.5. The molecule has 3 aromatic rings. The fourth-order valence-electron chi connectivity index (χ4n) is 2.28. The molecule has 2 heteroatoms. The van der Waals surface area contributed by atoms with Crippen LogP contribution in [-0.2, 0) is 0 Å². The summed E-state index contributed by atoms with van der Waals surface area (Å²) in [5.74, 6) is 1.67. The zero-order chi connectivity index (χ0) is 14.7. The van der Waals surface area contributed by atoms with E-state index >= 15 is 0 Å². The van der Waals surface area contributed by atoms with Crippen molar-refractivity contribution in [1.29, 1.82) is 0 Å². The standard InChI is InChI=1S/C19H16O2/c1-2-19(20)15-8-10-17(11-9-15)21-18-12-7-14-5-3-4-6-16(14)13-18/h3-13H,2H2,1H3. The van der Waals surface area contributed by atoms with Crippen molar-refractivity contribution in [3.63, 3.8) is 0 Å². The van der Waals surface area contributed by atoms with Crippen molar-refractivity contribution in [3.05, 3.63) is 72.3 Å². The van der Waals surface area contributed by atoms with E-state index < -0.39 is 0 Å². The molecule has 21 heavy (non-hydrogen) atoms. The van der Waals surface area contributed by atoms with E-state index in [1.165, 1.54) is 5.39 Å². The molecule has 0 fully saturated rings. The SMILES string of the molecule is CCC(=O)c1ccc(Oc2ccc3ccccc3c2)cc1. The molecule has 0 aliphatic heterocycles. The average molecular weight is 276 g/mol. The van der Waals surface area contributed by atoms with Gasteiger partial charge in [-0.1, -0.05) is 37.3 Å². The normalized spacial score (nSPS) is 10.5. The van der Waals surface area contributed by atoms with Gasteiger partial charge in [-0.05, 0) is 47.2 Å². The van der Waals surface area contributed by atoms with E-state index in [9.17, 15) is 4.79 Å². The summed E-state index contributed by atoms with van der Waals surface area (Å²) in [5.41, 5.74) is 0.725. The van der Waals surface area contributed by atoms with E-state index in [1.807, 2.05) is 61.5 Å². The highest BCUT2D eigenvalue weighted by Crippen LogP contribution is 2.26. The van der Waals surface area contributed by atoms with Gasteiger partial charge < -0.3 is 4.74 Å².